The summed E-state index contributed by atoms with van der Waals surface area (Å²) in [6, 6.07) is 12.5. The van der Waals surface area contributed by atoms with Crippen LogP contribution in [0.2, 0.25) is 10.0 Å². The summed E-state index contributed by atoms with van der Waals surface area (Å²) in [6.07, 6.45) is 0. The Morgan fingerprint density at radius 3 is 1.68 bits per heavy atom. The quantitative estimate of drug-likeness (QED) is 0.236. The molecular weight excluding hydrogens is 490 g/mol. The van der Waals surface area contributed by atoms with E-state index in [4.69, 9.17) is 32.2 Å². The van der Waals surface area contributed by atoms with Crippen LogP contribution >= 0.6 is 42.6 Å². The van der Waals surface area contributed by atoms with Crippen molar-refractivity contribution in [3.05, 3.63) is 84.9 Å². The molecule has 0 aromatic heterocycles. The van der Waals surface area contributed by atoms with Crippen molar-refractivity contribution in [2.75, 3.05) is 0 Å². The normalized spacial score (nSPS) is 14.1. The molecule has 0 saturated carbocycles. The standard InChI is InChI=1S/C18H9Cl2N2O7PS/c19-10-6-13(21(23)24)17-15(8-10)31-16-9-11(20)7-14(22(25)26)18(16)29-30(27,28-17)12-4-2-1-3-5-12/h1-9H. The van der Waals surface area contributed by atoms with Gasteiger partial charge < -0.3 is 9.05 Å². The van der Waals surface area contributed by atoms with E-state index in [0.717, 1.165) is 23.9 Å². The van der Waals surface area contributed by atoms with Gasteiger partial charge in [0.05, 0.1) is 24.9 Å². The van der Waals surface area contributed by atoms with Gasteiger partial charge >= 0.3 is 19.0 Å². The fraction of sp³-hybridized carbons (Fsp3) is 0. The number of hydrogen-bond acceptors (Lipinski definition) is 8. The minimum absolute atomic E-state index is 0.0238. The van der Waals surface area contributed by atoms with Gasteiger partial charge in [-0.3, -0.25) is 20.2 Å². The molecule has 0 N–H and O–H groups in total. The molecule has 9 nitrogen and oxygen atoms in total. The second kappa shape index (κ2) is 8.05. The fourth-order valence-electron chi connectivity index (χ4n) is 2.81. The van der Waals surface area contributed by atoms with Crippen LogP contribution in [0, 0.1) is 20.2 Å². The Hall–Kier alpha value is -2.78. The first-order valence-corrected chi connectivity index (χ1v) is 11.5. The van der Waals surface area contributed by atoms with E-state index in [-0.39, 0.29) is 36.6 Å². The summed E-state index contributed by atoms with van der Waals surface area (Å²) < 4.78 is 25.2. The molecular formula is C18H9Cl2N2O7PS. The molecule has 0 radical (unpaired) electrons. The first-order valence-electron chi connectivity index (χ1n) is 8.36. The zero-order chi connectivity index (χ0) is 22.3. The Kier molecular flexibility index (Phi) is 5.57. The molecule has 4 rings (SSSR count). The third-order valence-electron chi connectivity index (χ3n) is 4.11. The molecule has 0 atom stereocenters. The van der Waals surface area contributed by atoms with Gasteiger partial charge in [-0.25, -0.2) is 4.57 Å². The second-order valence-corrected chi connectivity index (χ2v) is 9.97. The Morgan fingerprint density at radius 1 is 0.806 bits per heavy atom. The number of hydrogen-bond donors (Lipinski definition) is 0. The largest absolute Gasteiger partial charge is 0.463 e. The van der Waals surface area contributed by atoms with Crippen molar-refractivity contribution >= 4 is 59.2 Å². The lowest BCUT2D eigenvalue weighted by Crippen LogP contribution is -2.17. The van der Waals surface area contributed by atoms with Crippen LogP contribution in [-0.4, -0.2) is 9.85 Å². The van der Waals surface area contributed by atoms with Gasteiger partial charge in [0.15, 0.2) is 0 Å². The number of rotatable bonds is 3. The van der Waals surface area contributed by atoms with Crippen molar-refractivity contribution in [2.45, 2.75) is 9.79 Å². The summed E-state index contributed by atoms with van der Waals surface area (Å²) in [5.74, 6) is -0.667. The number of fused-ring (bicyclic) bond motifs is 2. The maximum Gasteiger partial charge on any atom is 0.463 e. The molecule has 3 aromatic carbocycles. The Balaban J connectivity index is 2.06. The smallest absolute Gasteiger partial charge is 0.404 e. The highest BCUT2D eigenvalue weighted by Crippen LogP contribution is 2.59. The van der Waals surface area contributed by atoms with Crippen molar-refractivity contribution < 1.29 is 23.5 Å². The van der Waals surface area contributed by atoms with Crippen LogP contribution in [0.5, 0.6) is 11.5 Å². The van der Waals surface area contributed by atoms with Crippen LogP contribution in [0.3, 0.4) is 0 Å². The minimum atomic E-state index is -4.37. The maximum atomic E-state index is 13.9. The van der Waals surface area contributed by atoms with Crippen LogP contribution in [0.15, 0.2) is 64.4 Å². The van der Waals surface area contributed by atoms with Gasteiger partial charge in [-0.15, -0.1) is 0 Å². The van der Waals surface area contributed by atoms with E-state index in [1.165, 1.54) is 24.3 Å². The number of benzene rings is 3. The lowest BCUT2D eigenvalue weighted by molar-refractivity contribution is -0.385. The molecule has 0 bridgehead atoms. The molecule has 158 valence electrons. The van der Waals surface area contributed by atoms with E-state index in [1.807, 2.05) is 0 Å². The van der Waals surface area contributed by atoms with E-state index in [2.05, 4.69) is 0 Å². The van der Waals surface area contributed by atoms with E-state index in [0.29, 0.717) is 0 Å². The number of halogens is 2. The van der Waals surface area contributed by atoms with Gasteiger partial charge in [0.25, 0.3) is 0 Å². The molecule has 0 amide bonds. The van der Waals surface area contributed by atoms with Gasteiger partial charge in [0.2, 0.25) is 11.5 Å². The summed E-state index contributed by atoms with van der Waals surface area (Å²) in [6.45, 7) is 0. The summed E-state index contributed by atoms with van der Waals surface area (Å²) in [5.41, 5.74) is -1.07. The highest BCUT2D eigenvalue weighted by Gasteiger charge is 2.41. The Labute approximate surface area is 188 Å². The van der Waals surface area contributed by atoms with E-state index in [9.17, 15) is 24.8 Å². The summed E-state index contributed by atoms with van der Waals surface area (Å²) in [5, 5.41) is 23.4. The molecule has 0 spiro atoms. The van der Waals surface area contributed by atoms with Crippen molar-refractivity contribution in [3.63, 3.8) is 0 Å². The second-order valence-electron chi connectivity index (χ2n) is 6.14. The molecule has 3 aromatic rings. The number of nitrogens with zero attached hydrogens (tertiary/aromatic N) is 2. The first kappa shape index (κ1) is 21.5. The third kappa shape index (κ3) is 4.07. The topological polar surface area (TPSA) is 122 Å². The zero-order valence-corrected chi connectivity index (χ0v) is 18.3. The maximum absolute atomic E-state index is 13.9. The van der Waals surface area contributed by atoms with Crippen LogP contribution in [0.1, 0.15) is 0 Å². The summed E-state index contributed by atoms with van der Waals surface area (Å²) in [7, 11) is -4.37. The zero-order valence-electron chi connectivity index (χ0n) is 15.1. The summed E-state index contributed by atoms with van der Waals surface area (Å²) in [4.78, 5) is 22.0. The first-order chi connectivity index (χ1) is 14.7. The van der Waals surface area contributed by atoms with Crippen LogP contribution in [-0.2, 0) is 4.57 Å². The van der Waals surface area contributed by atoms with Gasteiger partial charge in [0, 0.05) is 22.2 Å². The molecule has 0 unspecified atom stereocenters. The lowest BCUT2D eigenvalue weighted by Gasteiger charge is -2.25. The SMILES string of the molecule is O=[N+]([O-])c1cc(Cl)cc2c1OP(=O)(c1ccccc1)Oc1c(cc(Cl)cc1[N+](=O)[O-])S2. The Morgan fingerprint density at radius 2 is 1.26 bits per heavy atom. The van der Waals surface area contributed by atoms with Gasteiger partial charge in [0.1, 0.15) is 0 Å². The van der Waals surface area contributed by atoms with Crippen molar-refractivity contribution in [1.82, 2.24) is 0 Å². The van der Waals surface area contributed by atoms with E-state index in [1.54, 1.807) is 18.2 Å². The van der Waals surface area contributed by atoms with Crippen molar-refractivity contribution in [3.8, 4) is 11.5 Å². The van der Waals surface area contributed by atoms with Crippen molar-refractivity contribution in [2.24, 2.45) is 0 Å². The molecule has 31 heavy (non-hydrogen) atoms. The molecule has 0 saturated heterocycles. The van der Waals surface area contributed by atoms with Gasteiger partial charge in [-0.2, -0.15) is 0 Å². The number of nitro groups is 2. The molecule has 1 heterocycles. The van der Waals surface area contributed by atoms with E-state index < -0.39 is 28.8 Å². The third-order valence-corrected chi connectivity index (χ3v) is 7.37. The highest BCUT2D eigenvalue weighted by atomic mass is 35.5. The van der Waals surface area contributed by atoms with Crippen molar-refractivity contribution in [1.29, 1.82) is 0 Å². The number of nitro benzene ring substituents is 2. The molecule has 0 fully saturated rings. The van der Waals surface area contributed by atoms with E-state index >= 15 is 0 Å². The average molecular weight is 499 g/mol. The van der Waals surface area contributed by atoms with Gasteiger partial charge in [-0.05, 0) is 24.3 Å². The summed E-state index contributed by atoms with van der Waals surface area (Å²) >= 11 is 12.9. The predicted molar refractivity (Wildman–Crippen MR) is 115 cm³/mol. The van der Waals surface area contributed by atoms with Gasteiger partial charge in [-0.1, -0.05) is 53.2 Å². The minimum Gasteiger partial charge on any atom is -0.404 e. The average Bonchev–Trinajstić information content (AvgIpc) is 2.70. The predicted octanol–water partition coefficient (Wildman–Crippen LogP) is 6.25. The highest BCUT2D eigenvalue weighted by molar-refractivity contribution is 7.99. The molecule has 13 heteroatoms. The monoisotopic (exact) mass is 498 g/mol. The van der Waals surface area contributed by atoms with Crippen LogP contribution < -0.4 is 14.4 Å². The fourth-order valence-corrected chi connectivity index (χ4v) is 6.22. The molecule has 0 aliphatic carbocycles. The van der Waals surface area contributed by atoms with Crippen LogP contribution in [0.4, 0.5) is 11.4 Å². The van der Waals surface area contributed by atoms with Crippen LogP contribution in [0.25, 0.3) is 0 Å². The molecule has 1 aliphatic heterocycles. The Bertz CT molecular complexity index is 1210. The molecule has 1 aliphatic rings. The lowest BCUT2D eigenvalue weighted by atomic mass is 10.3.